The van der Waals surface area contributed by atoms with E-state index < -0.39 is 0 Å². The van der Waals surface area contributed by atoms with E-state index >= 15 is 0 Å². The molecule has 13 heavy (non-hydrogen) atoms. The average molecular weight is 177 g/mol. The van der Waals surface area contributed by atoms with Gasteiger partial charge in [0.05, 0.1) is 6.42 Å². The van der Waals surface area contributed by atoms with Crippen LogP contribution in [0.5, 0.6) is 0 Å². The molecule has 0 fully saturated rings. The van der Waals surface area contributed by atoms with Crippen LogP contribution in [0.2, 0.25) is 0 Å². The number of ether oxygens (including phenoxy) is 1. The minimum absolute atomic E-state index is 0.232. The molecule has 0 spiro atoms. The lowest BCUT2D eigenvalue weighted by Gasteiger charge is -1.94. The molecule has 3 nitrogen and oxygen atoms in total. The standard InChI is InChI=1S/C10H11NO2/c1-2-5-10(12)13-9-8-11-6-3-4-7-11/h2-4,6-9H,1,5H2. The molecule has 0 radical (unpaired) electrons. The average Bonchev–Trinajstić information content (AvgIpc) is 2.57. The minimum Gasteiger partial charge on any atom is -0.433 e. The van der Waals surface area contributed by atoms with Crippen molar-refractivity contribution in [3.63, 3.8) is 0 Å². The molecule has 0 atom stereocenters. The van der Waals surface area contributed by atoms with E-state index in [0.717, 1.165) is 0 Å². The summed E-state index contributed by atoms with van der Waals surface area (Å²) in [6.45, 7) is 3.43. The number of rotatable bonds is 4. The second-order valence-electron chi connectivity index (χ2n) is 2.40. The molecule has 0 unspecified atom stereocenters. The number of esters is 1. The van der Waals surface area contributed by atoms with Gasteiger partial charge in [0.15, 0.2) is 0 Å². The van der Waals surface area contributed by atoms with E-state index in [4.69, 9.17) is 4.74 Å². The van der Waals surface area contributed by atoms with Crippen molar-refractivity contribution in [2.45, 2.75) is 6.42 Å². The van der Waals surface area contributed by atoms with E-state index in [0.29, 0.717) is 0 Å². The van der Waals surface area contributed by atoms with Crippen LogP contribution < -0.4 is 0 Å². The SMILES string of the molecule is C=CCC(=O)OC=Cn1cccc1. The highest BCUT2D eigenvalue weighted by molar-refractivity contribution is 5.71. The van der Waals surface area contributed by atoms with Crippen molar-refractivity contribution in [1.82, 2.24) is 4.57 Å². The number of carbonyl (C=O) groups excluding carboxylic acids is 1. The summed E-state index contributed by atoms with van der Waals surface area (Å²) in [5, 5.41) is 0. The summed E-state index contributed by atoms with van der Waals surface area (Å²) < 4.78 is 6.52. The summed E-state index contributed by atoms with van der Waals surface area (Å²) in [4.78, 5) is 10.8. The highest BCUT2D eigenvalue weighted by Crippen LogP contribution is 1.93. The van der Waals surface area contributed by atoms with Crippen LogP contribution in [-0.4, -0.2) is 10.5 Å². The third-order valence-corrected chi connectivity index (χ3v) is 1.37. The van der Waals surface area contributed by atoms with E-state index in [1.165, 1.54) is 12.3 Å². The summed E-state index contributed by atoms with van der Waals surface area (Å²) in [7, 11) is 0. The maximum atomic E-state index is 10.8. The first-order chi connectivity index (χ1) is 6.33. The molecule has 1 rings (SSSR count). The maximum absolute atomic E-state index is 10.8. The van der Waals surface area contributed by atoms with Crippen molar-refractivity contribution in [1.29, 1.82) is 0 Å². The fourth-order valence-corrected chi connectivity index (χ4v) is 0.790. The van der Waals surface area contributed by atoms with Crippen molar-refractivity contribution < 1.29 is 9.53 Å². The Kier molecular flexibility index (Phi) is 3.57. The fourth-order valence-electron chi connectivity index (χ4n) is 0.790. The smallest absolute Gasteiger partial charge is 0.314 e. The van der Waals surface area contributed by atoms with Gasteiger partial charge in [0, 0.05) is 18.6 Å². The number of aromatic nitrogens is 1. The van der Waals surface area contributed by atoms with E-state index in [1.807, 2.05) is 24.5 Å². The molecule has 0 aliphatic heterocycles. The Morgan fingerprint density at radius 2 is 2.15 bits per heavy atom. The van der Waals surface area contributed by atoms with Gasteiger partial charge >= 0.3 is 5.97 Å². The first-order valence-corrected chi connectivity index (χ1v) is 3.92. The van der Waals surface area contributed by atoms with Crippen LogP contribution in [0.1, 0.15) is 6.42 Å². The Balaban J connectivity index is 2.34. The van der Waals surface area contributed by atoms with Crippen LogP contribution in [-0.2, 0) is 9.53 Å². The molecular weight excluding hydrogens is 166 g/mol. The topological polar surface area (TPSA) is 31.2 Å². The second-order valence-corrected chi connectivity index (χ2v) is 2.40. The van der Waals surface area contributed by atoms with Gasteiger partial charge in [-0.2, -0.15) is 0 Å². The molecule has 0 amide bonds. The van der Waals surface area contributed by atoms with Crippen LogP contribution >= 0.6 is 0 Å². The number of nitrogens with zero attached hydrogens (tertiary/aromatic N) is 1. The first kappa shape index (κ1) is 9.32. The van der Waals surface area contributed by atoms with Crippen LogP contribution in [0.25, 0.3) is 6.20 Å². The molecule has 1 heterocycles. The van der Waals surface area contributed by atoms with Crippen molar-refractivity contribution in [2.24, 2.45) is 0 Å². The van der Waals surface area contributed by atoms with Gasteiger partial charge in [-0.3, -0.25) is 4.79 Å². The second kappa shape index (κ2) is 4.98. The maximum Gasteiger partial charge on any atom is 0.314 e. The predicted molar refractivity (Wildman–Crippen MR) is 50.7 cm³/mol. The summed E-state index contributed by atoms with van der Waals surface area (Å²) in [5.41, 5.74) is 0. The number of hydrogen-bond acceptors (Lipinski definition) is 2. The third kappa shape index (κ3) is 3.42. The van der Waals surface area contributed by atoms with Gasteiger partial charge in [0.25, 0.3) is 0 Å². The Hall–Kier alpha value is -1.77. The zero-order chi connectivity index (χ0) is 9.52. The zero-order valence-corrected chi connectivity index (χ0v) is 7.22. The molecule has 3 heteroatoms. The number of hydrogen-bond donors (Lipinski definition) is 0. The Morgan fingerprint density at radius 3 is 2.77 bits per heavy atom. The molecule has 0 saturated heterocycles. The molecule has 0 N–H and O–H groups in total. The minimum atomic E-state index is -0.307. The number of carbonyl (C=O) groups is 1. The lowest BCUT2D eigenvalue weighted by molar-refractivity contribution is -0.136. The van der Waals surface area contributed by atoms with Crippen molar-refractivity contribution in [3.05, 3.63) is 43.4 Å². The summed E-state index contributed by atoms with van der Waals surface area (Å²) in [5.74, 6) is -0.307. The summed E-state index contributed by atoms with van der Waals surface area (Å²) >= 11 is 0. The quantitative estimate of drug-likeness (QED) is 0.400. The summed E-state index contributed by atoms with van der Waals surface area (Å²) in [6, 6.07) is 3.77. The van der Waals surface area contributed by atoms with Gasteiger partial charge in [-0.25, -0.2) is 0 Å². The molecule has 0 saturated carbocycles. The molecule has 1 aromatic heterocycles. The largest absolute Gasteiger partial charge is 0.433 e. The van der Waals surface area contributed by atoms with E-state index in [2.05, 4.69) is 6.58 Å². The monoisotopic (exact) mass is 177 g/mol. The lowest BCUT2D eigenvalue weighted by Crippen LogP contribution is -1.96. The predicted octanol–water partition coefficient (Wildman–Crippen LogP) is 2.04. The Labute approximate surface area is 76.9 Å². The van der Waals surface area contributed by atoms with Gasteiger partial charge in [0.2, 0.25) is 0 Å². The van der Waals surface area contributed by atoms with Crippen molar-refractivity contribution in [3.8, 4) is 0 Å². The van der Waals surface area contributed by atoms with Gasteiger partial charge in [-0.15, -0.1) is 6.58 Å². The van der Waals surface area contributed by atoms with E-state index in [-0.39, 0.29) is 12.4 Å². The fraction of sp³-hybridized carbons (Fsp3) is 0.100. The lowest BCUT2D eigenvalue weighted by atomic mass is 10.4. The normalized spacial score (nSPS) is 10.2. The van der Waals surface area contributed by atoms with Crippen molar-refractivity contribution >= 4 is 12.2 Å². The van der Waals surface area contributed by atoms with Gasteiger partial charge < -0.3 is 9.30 Å². The molecule has 0 aromatic carbocycles. The van der Waals surface area contributed by atoms with Gasteiger partial charge in [-0.1, -0.05) is 6.08 Å². The Morgan fingerprint density at radius 1 is 1.46 bits per heavy atom. The third-order valence-electron chi connectivity index (χ3n) is 1.37. The van der Waals surface area contributed by atoms with Crippen molar-refractivity contribution in [2.75, 3.05) is 0 Å². The highest BCUT2D eigenvalue weighted by Gasteiger charge is 1.93. The molecule has 0 aliphatic rings. The molecule has 1 aromatic rings. The van der Waals surface area contributed by atoms with E-state index in [9.17, 15) is 4.79 Å². The van der Waals surface area contributed by atoms with Crippen LogP contribution in [0.15, 0.2) is 43.4 Å². The van der Waals surface area contributed by atoms with Crippen LogP contribution in [0.3, 0.4) is 0 Å². The first-order valence-electron chi connectivity index (χ1n) is 3.92. The molecule has 0 aliphatic carbocycles. The van der Waals surface area contributed by atoms with E-state index in [1.54, 1.807) is 10.8 Å². The van der Waals surface area contributed by atoms with Gasteiger partial charge in [-0.05, 0) is 12.1 Å². The van der Waals surface area contributed by atoms with Crippen LogP contribution in [0.4, 0.5) is 0 Å². The zero-order valence-electron chi connectivity index (χ0n) is 7.22. The Bertz CT molecular complexity index is 299. The van der Waals surface area contributed by atoms with Crippen LogP contribution in [0, 0.1) is 0 Å². The molecular formula is C10H11NO2. The summed E-state index contributed by atoms with van der Waals surface area (Å²) in [6.07, 6.45) is 8.43. The molecule has 68 valence electrons. The molecule has 0 bridgehead atoms. The van der Waals surface area contributed by atoms with Gasteiger partial charge in [0.1, 0.15) is 6.26 Å². The highest BCUT2D eigenvalue weighted by atomic mass is 16.5.